The van der Waals surface area contributed by atoms with Gasteiger partial charge in [0.2, 0.25) is 0 Å². The maximum Gasteiger partial charge on any atom is 0.309 e. The Kier molecular flexibility index (Phi) is 3.49. The number of hydrogen-bond acceptors (Lipinski definition) is 3. The molecule has 24 heavy (non-hydrogen) atoms. The lowest BCUT2D eigenvalue weighted by Gasteiger charge is -2.64. The number of fused-ring (bicyclic) bond motifs is 3. The highest BCUT2D eigenvalue weighted by Gasteiger charge is 2.70. The van der Waals surface area contributed by atoms with E-state index in [4.69, 9.17) is 0 Å². The van der Waals surface area contributed by atoms with Crippen molar-refractivity contribution < 1.29 is 20.1 Å². The van der Waals surface area contributed by atoms with Crippen LogP contribution in [0.4, 0.5) is 0 Å². The molecule has 136 valence electrons. The highest BCUT2D eigenvalue weighted by Crippen LogP contribution is 2.72. The SMILES string of the molecule is C[C@H]1[C@H]2C[C@H](O)[C@H]3[C@]4(C)CCC[C@@](C)(C(=O)O)[C@H]4CC[C@]3(C2)[C@@H]1O. The molecular formula is C20H32O4. The summed E-state index contributed by atoms with van der Waals surface area (Å²) < 4.78 is 0. The van der Waals surface area contributed by atoms with Crippen LogP contribution in [0.5, 0.6) is 0 Å². The predicted octanol–water partition coefficient (Wildman–Crippen LogP) is 3.06. The van der Waals surface area contributed by atoms with E-state index in [1.807, 2.05) is 6.92 Å². The fourth-order valence-corrected chi connectivity index (χ4v) is 8.12. The van der Waals surface area contributed by atoms with Crippen LogP contribution in [0.1, 0.15) is 65.7 Å². The molecule has 4 aliphatic carbocycles. The molecule has 4 heteroatoms. The zero-order valence-electron chi connectivity index (χ0n) is 15.2. The van der Waals surface area contributed by atoms with E-state index in [0.29, 0.717) is 5.92 Å². The second-order valence-corrected chi connectivity index (χ2v) is 9.96. The van der Waals surface area contributed by atoms with Gasteiger partial charge in [-0.2, -0.15) is 0 Å². The first-order valence-corrected chi connectivity index (χ1v) is 9.76. The standard InChI is InChI=1S/C20H32O4/c1-11-12-9-13(21)15-18(2)6-4-7-19(3,17(23)24)14(18)5-8-20(15,10-12)16(11)22/h11-16,21-22H,4-10H2,1-3H3,(H,23,24)/t11-,12-,13-,14-,15-,16+,18+,19+,20+/m0/s1. The number of carbonyl (C=O) groups is 1. The Morgan fingerprint density at radius 2 is 1.83 bits per heavy atom. The summed E-state index contributed by atoms with van der Waals surface area (Å²) in [6.07, 6.45) is 5.42. The molecular weight excluding hydrogens is 304 g/mol. The third kappa shape index (κ3) is 1.79. The molecule has 0 aliphatic heterocycles. The number of carboxylic acids is 1. The maximum atomic E-state index is 12.1. The van der Waals surface area contributed by atoms with Crippen LogP contribution in [-0.2, 0) is 4.79 Å². The minimum atomic E-state index is -0.694. The third-order valence-electron chi connectivity index (χ3n) is 9.10. The molecule has 4 fully saturated rings. The zero-order valence-corrected chi connectivity index (χ0v) is 15.2. The summed E-state index contributed by atoms with van der Waals surface area (Å²) in [6.45, 7) is 6.28. The van der Waals surface area contributed by atoms with E-state index >= 15 is 0 Å². The average Bonchev–Trinajstić information content (AvgIpc) is 2.68. The molecule has 3 N–H and O–H groups in total. The number of hydrogen-bond donors (Lipinski definition) is 3. The van der Waals surface area contributed by atoms with Gasteiger partial charge in [-0.15, -0.1) is 0 Å². The van der Waals surface area contributed by atoms with Gasteiger partial charge in [-0.3, -0.25) is 4.79 Å². The minimum absolute atomic E-state index is 0.0407. The summed E-state index contributed by atoms with van der Waals surface area (Å²) >= 11 is 0. The van der Waals surface area contributed by atoms with Crippen LogP contribution >= 0.6 is 0 Å². The minimum Gasteiger partial charge on any atom is -0.481 e. The van der Waals surface area contributed by atoms with E-state index in [9.17, 15) is 20.1 Å². The molecule has 0 aromatic rings. The Bertz CT molecular complexity index is 562. The van der Waals surface area contributed by atoms with Crippen molar-refractivity contribution in [3.63, 3.8) is 0 Å². The maximum absolute atomic E-state index is 12.1. The van der Waals surface area contributed by atoms with Crippen molar-refractivity contribution in [2.24, 2.45) is 39.9 Å². The summed E-state index contributed by atoms with van der Waals surface area (Å²) in [4.78, 5) is 12.1. The van der Waals surface area contributed by atoms with Gasteiger partial charge in [0, 0.05) is 5.41 Å². The van der Waals surface area contributed by atoms with Crippen molar-refractivity contribution in [2.45, 2.75) is 77.9 Å². The summed E-state index contributed by atoms with van der Waals surface area (Å²) in [7, 11) is 0. The quantitative estimate of drug-likeness (QED) is 0.688. The van der Waals surface area contributed by atoms with E-state index < -0.39 is 17.5 Å². The van der Waals surface area contributed by atoms with Crippen molar-refractivity contribution in [1.82, 2.24) is 0 Å². The number of carboxylic acid groups (broad SMARTS) is 1. The van der Waals surface area contributed by atoms with Gasteiger partial charge in [0.25, 0.3) is 0 Å². The third-order valence-corrected chi connectivity index (χ3v) is 9.10. The van der Waals surface area contributed by atoms with Crippen LogP contribution in [0.2, 0.25) is 0 Å². The Balaban J connectivity index is 1.80. The van der Waals surface area contributed by atoms with Crippen molar-refractivity contribution in [1.29, 1.82) is 0 Å². The molecule has 2 bridgehead atoms. The van der Waals surface area contributed by atoms with Crippen LogP contribution in [0.15, 0.2) is 0 Å². The topological polar surface area (TPSA) is 77.8 Å². The molecule has 4 nitrogen and oxygen atoms in total. The molecule has 0 aromatic carbocycles. The van der Waals surface area contributed by atoms with Gasteiger partial charge in [0.1, 0.15) is 0 Å². The van der Waals surface area contributed by atoms with Gasteiger partial charge >= 0.3 is 5.97 Å². The van der Waals surface area contributed by atoms with E-state index in [-0.39, 0.29) is 34.7 Å². The smallest absolute Gasteiger partial charge is 0.309 e. The molecule has 1 spiro atoms. The van der Waals surface area contributed by atoms with Crippen LogP contribution in [-0.4, -0.2) is 33.5 Å². The zero-order chi connectivity index (χ0) is 17.5. The molecule has 4 rings (SSSR count). The summed E-state index contributed by atoms with van der Waals surface area (Å²) in [5, 5.41) is 32.1. The molecule has 0 unspecified atom stereocenters. The number of aliphatic hydroxyl groups excluding tert-OH is 2. The highest BCUT2D eigenvalue weighted by molar-refractivity contribution is 5.75. The Labute approximate surface area is 144 Å². The van der Waals surface area contributed by atoms with Crippen molar-refractivity contribution in [3.05, 3.63) is 0 Å². The second-order valence-electron chi connectivity index (χ2n) is 9.96. The largest absolute Gasteiger partial charge is 0.481 e. The molecule has 0 aromatic heterocycles. The first-order valence-electron chi connectivity index (χ1n) is 9.76. The van der Waals surface area contributed by atoms with Gasteiger partial charge in [-0.25, -0.2) is 0 Å². The van der Waals surface area contributed by atoms with Gasteiger partial charge in [0.05, 0.1) is 17.6 Å². The summed E-state index contributed by atoms with van der Waals surface area (Å²) in [6, 6.07) is 0. The van der Waals surface area contributed by atoms with Crippen LogP contribution in [0, 0.1) is 39.9 Å². The Morgan fingerprint density at radius 1 is 1.12 bits per heavy atom. The lowest BCUT2D eigenvalue weighted by Crippen LogP contribution is -2.63. The fraction of sp³-hybridized carbons (Fsp3) is 0.950. The molecule has 0 amide bonds. The van der Waals surface area contributed by atoms with Gasteiger partial charge in [0.15, 0.2) is 0 Å². The Morgan fingerprint density at radius 3 is 2.50 bits per heavy atom. The first-order chi connectivity index (χ1) is 11.2. The van der Waals surface area contributed by atoms with E-state index in [0.717, 1.165) is 44.9 Å². The summed E-state index contributed by atoms with van der Waals surface area (Å²) in [5.41, 5.74) is -1.07. The number of aliphatic hydroxyl groups is 2. The molecule has 0 radical (unpaired) electrons. The van der Waals surface area contributed by atoms with Gasteiger partial charge in [-0.05, 0) is 74.5 Å². The lowest BCUT2D eigenvalue weighted by molar-refractivity contribution is -0.213. The second kappa shape index (κ2) is 4.97. The van der Waals surface area contributed by atoms with E-state index in [1.54, 1.807) is 0 Å². The van der Waals surface area contributed by atoms with E-state index in [1.165, 1.54) is 0 Å². The van der Waals surface area contributed by atoms with E-state index in [2.05, 4.69) is 13.8 Å². The first kappa shape index (κ1) is 16.8. The average molecular weight is 336 g/mol. The number of rotatable bonds is 1. The van der Waals surface area contributed by atoms with Crippen LogP contribution < -0.4 is 0 Å². The molecule has 0 heterocycles. The normalized spacial score (nSPS) is 59.5. The van der Waals surface area contributed by atoms with Crippen molar-refractivity contribution in [3.8, 4) is 0 Å². The number of aliphatic carboxylic acids is 1. The Hall–Kier alpha value is -0.610. The van der Waals surface area contributed by atoms with Gasteiger partial charge < -0.3 is 15.3 Å². The molecule has 4 aliphatic rings. The monoisotopic (exact) mass is 336 g/mol. The highest BCUT2D eigenvalue weighted by atomic mass is 16.4. The van der Waals surface area contributed by atoms with Crippen LogP contribution in [0.25, 0.3) is 0 Å². The molecule has 0 saturated heterocycles. The lowest BCUT2D eigenvalue weighted by atomic mass is 9.40. The molecule has 9 atom stereocenters. The predicted molar refractivity (Wildman–Crippen MR) is 90.2 cm³/mol. The fourth-order valence-electron chi connectivity index (χ4n) is 8.12. The summed E-state index contributed by atoms with van der Waals surface area (Å²) in [5.74, 6) is 0.123. The molecule has 4 saturated carbocycles. The van der Waals surface area contributed by atoms with Crippen molar-refractivity contribution in [2.75, 3.05) is 0 Å². The van der Waals surface area contributed by atoms with Gasteiger partial charge in [-0.1, -0.05) is 20.3 Å². The van der Waals surface area contributed by atoms with Crippen LogP contribution in [0.3, 0.4) is 0 Å². The van der Waals surface area contributed by atoms with Crippen molar-refractivity contribution >= 4 is 5.97 Å².